The van der Waals surface area contributed by atoms with E-state index in [1.165, 1.54) is 11.1 Å². The monoisotopic (exact) mass is 234 g/mol. The zero-order valence-electron chi connectivity index (χ0n) is 11.6. The van der Waals surface area contributed by atoms with Crippen molar-refractivity contribution in [2.24, 2.45) is 11.7 Å². The molecule has 2 heteroatoms. The van der Waals surface area contributed by atoms with Crippen molar-refractivity contribution in [3.63, 3.8) is 0 Å². The van der Waals surface area contributed by atoms with Crippen molar-refractivity contribution < 1.29 is 0 Å². The minimum Gasteiger partial charge on any atom is -0.327 e. The van der Waals surface area contributed by atoms with Gasteiger partial charge in [-0.05, 0) is 38.4 Å². The van der Waals surface area contributed by atoms with E-state index in [1.807, 2.05) is 0 Å². The number of aryl methyl sites for hydroxylation is 1. The van der Waals surface area contributed by atoms with E-state index in [2.05, 4.69) is 57.0 Å². The van der Waals surface area contributed by atoms with E-state index >= 15 is 0 Å². The number of hydrogen-bond donors (Lipinski definition) is 1. The average molecular weight is 234 g/mol. The zero-order chi connectivity index (χ0) is 12.8. The molecule has 0 aliphatic heterocycles. The molecule has 1 atom stereocenters. The smallest absolute Gasteiger partial charge is 0.0230 e. The van der Waals surface area contributed by atoms with Gasteiger partial charge in [-0.3, -0.25) is 0 Å². The molecule has 0 heterocycles. The van der Waals surface area contributed by atoms with Gasteiger partial charge in [-0.15, -0.1) is 0 Å². The Balaban J connectivity index is 2.37. The molecule has 1 rings (SSSR count). The van der Waals surface area contributed by atoms with Crippen LogP contribution in [0.15, 0.2) is 24.3 Å². The SMILES string of the molecule is Cc1cccc(CN(C)CCC(N)C(C)C)c1. The number of benzene rings is 1. The van der Waals surface area contributed by atoms with Crippen LogP contribution >= 0.6 is 0 Å². The molecule has 1 unspecified atom stereocenters. The topological polar surface area (TPSA) is 29.3 Å². The van der Waals surface area contributed by atoms with Crippen molar-refractivity contribution in [3.8, 4) is 0 Å². The third-order valence-corrected chi connectivity index (χ3v) is 3.24. The molecule has 0 bridgehead atoms. The minimum atomic E-state index is 0.315. The molecule has 0 aliphatic carbocycles. The molecule has 0 aliphatic rings. The Bertz CT molecular complexity index is 333. The van der Waals surface area contributed by atoms with Crippen LogP contribution in [0, 0.1) is 12.8 Å². The van der Waals surface area contributed by atoms with Gasteiger partial charge < -0.3 is 10.6 Å². The van der Waals surface area contributed by atoms with E-state index in [0.29, 0.717) is 12.0 Å². The predicted molar refractivity (Wildman–Crippen MR) is 74.9 cm³/mol. The fourth-order valence-corrected chi connectivity index (χ4v) is 1.90. The summed E-state index contributed by atoms with van der Waals surface area (Å²) in [6, 6.07) is 9.01. The predicted octanol–water partition coefficient (Wildman–Crippen LogP) is 2.80. The van der Waals surface area contributed by atoms with E-state index in [0.717, 1.165) is 19.5 Å². The van der Waals surface area contributed by atoms with Gasteiger partial charge in [0.25, 0.3) is 0 Å². The lowest BCUT2D eigenvalue weighted by atomic mass is 10.0. The second-order valence-corrected chi connectivity index (χ2v) is 5.42. The summed E-state index contributed by atoms with van der Waals surface area (Å²) in [5, 5.41) is 0. The van der Waals surface area contributed by atoms with Gasteiger partial charge in [-0.25, -0.2) is 0 Å². The average Bonchev–Trinajstić information content (AvgIpc) is 2.25. The molecule has 0 fully saturated rings. The van der Waals surface area contributed by atoms with Crippen LogP contribution in [0.5, 0.6) is 0 Å². The van der Waals surface area contributed by atoms with Crippen molar-refractivity contribution in [2.45, 2.75) is 39.8 Å². The summed E-state index contributed by atoms with van der Waals surface area (Å²) in [7, 11) is 2.16. The molecule has 2 nitrogen and oxygen atoms in total. The molecule has 1 aromatic rings. The molecular formula is C15H26N2. The molecular weight excluding hydrogens is 208 g/mol. The maximum absolute atomic E-state index is 6.06. The van der Waals surface area contributed by atoms with Gasteiger partial charge in [-0.1, -0.05) is 43.7 Å². The van der Waals surface area contributed by atoms with E-state index in [4.69, 9.17) is 5.73 Å². The first kappa shape index (κ1) is 14.2. The fourth-order valence-electron chi connectivity index (χ4n) is 1.90. The van der Waals surface area contributed by atoms with Crippen molar-refractivity contribution in [1.82, 2.24) is 4.90 Å². The second kappa shape index (κ2) is 6.77. The first-order chi connectivity index (χ1) is 7.99. The van der Waals surface area contributed by atoms with Crippen LogP contribution in [-0.4, -0.2) is 24.5 Å². The lowest BCUT2D eigenvalue weighted by Gasteiger charge is -2.21. The Hall–Kier alpha value is -0.860. The quantitative estimate of drug-likeness (QED) is 0.820. The maximum atomic E-state index is 6.06. The summed E-state index contributed by atoms with van der Waals surface area (Å²) in [5.74, 6) is 0.572. The Morgan fingerprint density at radius 2 is 2.00 bits per heavy atom. The van der Waals surface area contributed by atoms with Gasteiger partial charge in [-0.2, -0.15) is 0 Å². The molecule has 0 spiro atoms. The van der Waals surface area contributed by atoms with Crippen molar-refractivity contribution >= 4 is 0 Å². The molecule has 0 saturated carbocycles. The third-order valence-electron chi connectivity index (χ3n) is 3.24. The Morgan fingerprint density at radius 3 is 2.59 bits per heavy atom. The van der Waals surface area contributed by atoms with Gasteiger partial charge in [0.1, 0.15) is 0 Å². The Labute approximate surface area is 106 Å². The first-order valence-corrected chi connectivity index (χ1v) is 6.48. The van der Waals surface area contributed by atoms with Crippen molar-refractivity contribution in [1.29, 1.82) is 0 Å². The molecule has 0 saturated heterocycles. The Morgan fingerprint density at radius 1 is 1.29 bits per heavy atom. The van der Waals surface area contributed by atoms with Crippen LogP contribution in [0.3, 0.4) is 0 Å². The van der Waals surface area contributed by atoms with Crippen molar-refractivity contribution in [3.05, 3.63) is 35.4 Å². The lowest BCUT2D eigenvalue weighted by molar-refractivity contribution is 0.296. The van der Waals surface area contributed by atoms with E-state index in [-0.39, 0.29) is 0 Å². The molecule has 17 heavy (non-hydrogen) atoms. The highest BCUT2D eigenvalue weighted by molar-refractivity contribution is 5.21. The van der Waals surface area contributed by atoms with Crippen LogP contribution < -0.4 is 5.73 Å². The molecule has 0 amide bonds. The van der Waals surface area contributed by atoms with Crippen LogP contribution in [0.2, 0.25) is 0 Å². The van der Waals surface area contributed by atoms with Gasteiger partial charge in [0.05, 0.1) is 0 Å². The van der Waals surface area contributed by atoms with Crippen molar-refractivity contribution in [2.75, 3.05) is 13.6 Å². The molecule has 0 radical (unpaired) electrons. The van der Waals surface area contributed by atoms with E-state index in [1.54, 1.807) is 0 Å². The Kier molecular flexibility index (Phi) is 5.66. The standard InChI is InChI=1S/C15H26N2/c1-12(2)15(16)8-9-17(4)11-14-7-5-6-13(3)10-14/h5-7,10,12,15H,8-9,11,16H2,1-4H3. The van der Waals surface area contributed by atoms with Crippen LogP contribution in [-0.2, 0) is 6.54 Å². The third kappa shape index (κ3) is 5.33. The van der Waals surface area contributed by atoms with Gasteiger partial charge in [0.15, 0.2) is 0 Å². The maximum Gasteiger partial charge on any atom is 0.0230 e. The second-order valence-electron chi connectivity index (χ2n) is 5.42. The molecule has 0 aromatic heterocycles. The zero-order valence-corrected chi connectivity index (χ0v) is 11.6. The van der Waals surface area contributed by atoms with Gasteiger partial charge >= 0.3 is 0 Å². The first-order valence-electron chi connectivity index (χ1n) is 6.48. The highest BCUT2D eigenvalue weighted by atomic mass is 15.1. The van der Waals surface area contributed by atoms with E-state index in [9.17, 15) is 0 Å². The number of hydrogen-bond acceptors (Lipinski definition) is 2. The summed E-state index contributed by atoms with van der Waals surface area (Å²) in [5.41, 5.74) is 8.76. The normalized spacial score (nSPS) is 13.4. The van der Waals surface area contributed by atoms with Crippen LogP contribution in [0.25, 0.3) is 0 Å². The summed E-state index contributed by atoms with van der Waals surface area (Å²) in [6.07, 6.45) is 1.07. The van der Waals surface area contributed by atoms with Gasteiger partial charge in [0.2, 0.25) is 0 Å². The van der Waals surface area contributed by atoms with Crippen LogP contribution in [0.4, 0.5) is 0 Å². The number of nitrogens with two attached hydrogens (primary N) is 1. The summed E-state index contributed by atoms with van der Waals surface area (Å²) in [4.78, 5) is 2.34. The molecule has 96 valence electrons. The van der Waals surface area contributed by atoms with Gasteiger partial charge in [0, 0.05) is 12.6 Å². The highest BCUT2D eigenvalue weighted by Gasteiger charge is 2.09. The van der Waals surface area contributed by atoms with E-state index < -0.39 is 0 Å². The fraction of sp³-hybridized carbons (Fsp3) is 0.600. The minimum absolute atomic E-state index is 0.315. The summed E-state index contributed by atoms with van der Waals surface area (Å²) < 4.78 is 0. The number of nitrogens with zero attached hydrogens (tertiary/aromatic N) is 1. The number of rotatable bonds is 6. The van der Waals surface area contributed by atoms with Crippen LogP contribution in [0.1, 0.15) is 31.4 Å². The molecule has 2 N–H and O–H groups in total. The molecule has 1 aromatic carbocycles. The largest absolute Gasteiger partial charge is 0.327 e. The summed E-state index contributed by atoms with van der Waals surface area (Å²) in [6.45, 7) is 8.58. The highest BCUT2D eigenvalue weighted by Crippen LogP contribution is 2.08. The lowest BCUT2D eigenvalue weighted by Crippen LogP contribution is -2.31. The summed E-state index contributed by atoms with van der Waals surface area (Å²) >= 11 is 0.